The van der Waals surface area contributed by atoms with Crippen LogP contribution in [0.15, 0.2) is 12.3 Å². The molecule has 0 unspecified atom stereocenters. The number of carboxylic acid groups (broad SMARTS) is 1. The Morgan fingerprint density at radius 3 is 3.12 bits per heavy atom. The highest BCUT2D eigenvalue weighted by Gasteiger charge is 2.19. The van der Waals surface area contributed by atoms with Crippen LogP contribution in [0.25, 0.3) is 0 Å². The molecule has 1 aliphatic rings. The Morgan fingerprint density at radius 2 is 2.50 bits per heavy atom. The van der Waals surface area contributed by atoms with Crippen LogP contribution in [0.2, 0.25) is 0 Å². The van der Waals surface area contributed by atoms with E-state index < -0.39 is 5.97 Å². The molecular formula is C10H10INO4. The second-order valence-corrected chi connectivity index (χ2v) is 4.44. The summed E-state index contributed by atoms with van der Waals surface area (Å²) in [5, 5.41) is 8.84. The molecule has 0 spiro atoms. The van der Waals surface area contributed by atoms with Crippen molar-refractivity contribution >= 4 is 28.6 Å². The number of hydrogen-bond donors (Lipinski definition) is 1. The number of halogens is 1. The van der Waals surface area contributed by atoms with E-state index in [1.165, 1.54) is 12.3 Å². The van der Waals surface area contributed by atoms with Crippen molar-refractivity contribution in [2.45, 2.75) is 12.5 Å². The topological polar surface area (TPSA) is 68.7 Å². The monoisotopic (exact) mass is 335 g/mol. The number of nitrogens with zero attached hydrogens (tertiary/aromatic N) is 1. The number of pyridine rings is 1. The third kappa shape index (κ3) is 2.62. The zero-order valence-corrected chi connectivity index (χ0v) is 10.5. The Kier molecular flexibility index (Phi) is 3.59. The van der Waals surface area contributed by atoms with Gasteiger partial charge >= 0.3 is 5.97 Å². The molecule has 0 aliphatic carbocycles. The molecule has 1 N–H and O–H groups in total. The van der Waals surface area contributed by atoms with Crippen LogP contribution in [0.5, 0.6) is 5.75 Å². The zero-order valence-electron chi connectivity index (χ0n) is 8.35. The van der Waals surface area contributed by atoms with Crippen molar-refractivity contribution in [1.82, 2.24) is 4.98 Å². The number of rotatable bonds is 3. The molecule has 1 aromatic heterocycles. The predicted molar refractivity (Wildman–Crippen MR) is 63.8 cm³/mol. The first-order valence-corrected chi connectivity index (χ1v) is 5.88. The van der Waals surface area contributed by atoms with Gasteiger partial charge in [0, 0.05) is 12.6 Å². The number of carboxylic acids is 1. The Balaban J connectivity index is 2.17. The average molecular weight is 335 g/mol. The molecule has 16 heavy (non-hydrogen) atoms. The predicted octanol–water partition coefficient (Wildman–Crippen LogP) is 1.55. The van der Waals surface area contributed by atoms with E-state index in [-0.39, 0.29) is 11.7 Å². The number of aromatic nitrogens is 1. The van der Waals surface area contributed by atoms with Crippen molar-refractivity contribution in [3.63, 3.8) is 0 Å². The quantitative estimate of drug-likeness (QED) is 0.671. The van der Waals surface area contributed by atoms with E-state index in [1.807, 2.05) is 22.6 Å². The van der Waals surface area contributed by atoms with Gasteiger partial charge in [-0.15, -0.1) is 0 Å². The maximum atomic E-state index is 10.8. The first kappa shape index (κ1) is 11.6. The molecule has 0 amide bonds. The van der Waals surface area contributed by atoms with Crippen molar-refractivity contribution in [2.24, 2.45) is 0 Å². The fourth-order valence-corrected chi connectivity index (χ4v) is 1.83. The van der Waals surface area contributed by atoms with Crippen LogP contribution < -0.4 is 4.74 Å². The van der Waals surface area contributed by atoms with Gasteiger partial charge in [0.1, 0.15) is 9.80 Å². The van der Waals surface area contributed by atoms with Crippen LogP contribution >= 0.6 is 22.6 Å². The van der Waals surface area contributed by atoms with E-state index in [1.54, 1.807) is 0 Å². The third-order valence-corrected chi connectivity index (χ3v) is 3.05. The summed E-state index contributed by atoms with van der Waals surface area (Å²) in [4.78, 5) is 14.8. The van der Waals surface area contributed by atoms with E-state index in [4.69, 9.17) is 14.6 Å². The first-order chi connectivity index (χ1) is 7.66. The molecule has 2 rings (SSSR count). The molecule has 1 fully saturated rings. The van der Waals surface area contributed by atoms with Gasteiger partial charge in [-0.05, 0) is 28.7 Å². The Labute approximate surface area is 106 Å². The van der Waals surface area contributed by atoms with Crippen LogP contribution in [0, 0.1) is 3.70 Å². The summed E-state index contributed by atoms with van der Waals surface area (Å²) < 4.78 is 11.5. The van der Waals surface area contributed by atoms with Gasteiger partial charge in [-0.3, -0.25) is 0 Å². The van der Waals surface area contributed by atoms with Gasteiger partial charge in [-0.25, -0.2) is 9.78 Å². The van der Waals surface area contributed by atoms with Crippen molar-refractivity contribution < 1.29 is 19.4 Å². The number of hydrogen-bond acceptors (Lipinski definition) is 4. The molecule has 86 valence electrons. The second kappa shape index (κ2) is 4.96. The lowest BCUT2D eigenvalue weighted by atomic mass is 10.2. The molecule has 0 bridgehead atoms. The lowest BCUT2D eigenvalue weighted by Gasteiger charge is -2.12. The lowest BCUT2D eigenvalue weighted by Crippen LogP contribution is -2.17. The maximum Gasteiger partial charge on any atom is 0.337 e. The molecule has 1 atom stereocenters. The fraction of sp³-hybridized carbons (Fsp3) is 0.400. The van der Waals surface area contributed by atoms with Crippen LogP contribution in [0.4, 0.5) is 0 Å². The molecule has 0 radical (unpaired) electrons. The third-order valence-electron chi connectivity index (χ3n) is 2.24. The zero-order chi connectivity index (χ0) is 11.5. The summed E-state index contributed by atoms with van der Waals surface area (Å²) in [6.07, 6.45) is 2.15. The summed E-state index contributed by atoms with van der Waals surface area (Å²) in [6.45, 7) is 1.24. The van der Waals surface area contributed by atoms with Gasteiger partial charge < -0.3 is 14.6 Å². The number of ether oxygens (including phenoxy) is 2. The van der Waals surface area contributed by atoms with Crippen molar-refractivity contribution in [3.8, 4) is 5.75 Å². The van der Waals surface area contributed by atoms with E-state index >= 15 is 0 Å². The smallest absolute Gasteiger partial charge is 0.337 e. The van der Waals surface area contributed by atoms with Crippen LogP contribution in [0.3, 0.4) is 0 Å². The van der Waals surface area contributed by atoms with Crippen molar-refractivity contribution in [2.75, 3.05) is 13.2 Å². The summed E-state index contributed by atoms with van der Waals surface area (Å²) in [5.74, 6) is -0.493. The largest absolute Gasteiger partial charge is 0.485 e. The minimum absolute atomic E-state index is 0.000592. The highest BCUT2D eigenvalue weighted by atomic mass is 127. The molecule has 1 aromatic rings. The molecular weight excluding hydrogens is 325 g/mol. The summed E-state index contributed by atoms with van der Waals surface area (Å²) in [5.41, 5.74) is 0.134. The highest BCUT2D eigenvalue weighted by Crippen LogP contribution is 2.23. The minimum Gasteiger partial charge on any atom is -0.485 e. The van der Waals surface area contributed by atoms with E-state index in [0.717, 1.165) is 6.42 Å². The van der Waals surface area contributed by atoms with Gasteiger partial charge in [0.25, 0.3) is 0 Å². The molecule has 2 heterocycles. The van der Waals surface area contributed by atoms with Crippen LogP contribution in [-0.2, 0) is 4.74 Å². The summed E-state index contributed by atoms with van der Waals surface area (Å²) >= 11 is 2.02. The molecule has 0 saturated carbocycles. The molecule has 1 saturated heterocycles. The molecule has 0 aromatic carbocycles. The molecule has 1 aliphatic heterocycles. The van der Waals surface area contributed by atoms with E-state index in [2.05, 4.69) is 4.98 Å². The first-order valence-electron chi connectivity index (χ1n) is 4.80. The highest BCUT2D eigenvalue weighted by molar-refractivity contribution is 14.1. The van der Waals surface area contributed by atoms with Gasteiger partial charge in [-0.1, -0.05) is 0 Å². The van der Waals surface area contributed by atoms with Crippen molar-refractivity contribution in [1.29, 1.82) is 0 Å². The number of aromatic carboxylic acids is 1. The Morgan fingerprint density at radius 1 is 1.69 bits per heavy atom. The van der Waals surface area contributed by atoms with Crippen LogP contribution in [0.1, 0.15) is 16.8 Å². The fourth-order valence-electron chi connectivity index (χ4n) is 1.41. The Hall–Kier alpha value is -0.890. The van der Waals surface area contributed by atoms with E-state index in [0.29, 0.717) is 22.7 Å². The Bertz CT molecular complexity index is 404. The number of carbonyl (C=O) groups is 1. The van der Waals surface area contributed by atoms with Crippen LogP contribution in [-0.4, -0.2) is 35.4 Å². The normalized spacial score (nSPS) is 19.7. The minimum atomic E-state index is -1.00. The molecule has 6 heteroatoms. The van der Waals surface area contributed by atoms with Gasteiger partial charge in [-0.2, -0.15) is 0 Å². The maximum absolute atomic E-state index is 10.8. The lowest BCUT2D eigenvalue weighted by molar-refractivity contribution is 0.0695. The summed E-state index contributed by atoms with van der Waals surface area (Å²) in [7, 11) is 0. The van der Waals surface area contributed by atoms with Gasteiger partial charge in [0.15, 0.2) is 5.75 Å². The second-order valence-electron chi connectivity index (χ2n) is 3.42. The van der Waals surface area contributed by atoms with Gasteiger partial charge in [0.2, 0.25) is 0 Å². The average Bonchev–Trinajstić information content (AvgIpc) is 2.73. The standard InChI is InChI=1S/C10H10INO4/c11-9-8(16-7-1-2-15-5-7)3-6(4-12-9)10(13)14/h3-4,7H,1-2,5H2,(H,13,14)/t7-/m1/s1. The SMILES string of the molecule is O=C(O)c1cnc(I)c(O[C@@H]2CCOC2)c1. The van der Waals surface area contributed by atoms with Gasteiger partial charge in [0.05, 0.1) is 18.8 Å². The van der Waals surface area contributed by atoms with Crippen molar-refractivity contribution in [3.05, 3.63) is 21.5 Å². The molecule has 5 nitrogen and oxygen atoms in total. The van der Waals surface area contributed by atoms with E-state index in [9.17, 15) is 4.79 Å². The summed E-state index contributed by atoms with van der Waals surface area (Å²) in [6, 6.07) is 1.50.